The van der Waals surface area contributed by atoms with Gasteiger partial charge in [-0.1, -0.05) is 18.2 Å². The first kappa shape index (κ1) is 13.1. The summed E-state index contributed by atoms with van der Waals surface area (Å²) in [6.45, 7) is 1.31. The number of Topliss-reactive ketones (excluding diaryl/α,β-unsaturated/α-hetero) is 1. The van der Waals surface area contributed by atoms with E-state index >= 15 is 0 Å². The first-order valence-electron chi connectivity index (χ1n) is 5.21. The first-order chi connectivity index (χ1) is 8.82. The van der Waals surface area contributed by atoms with Crippen LogP contribution in [0.1, 0.15) is 16.4 Å². The van der Waals surface area contributed by atoms with E-state index in [0.29, 0.717) is 0 Å². The van der Waals surface area contributed by atoms with Crippen molar-refractivity contribution in [3.05, 3.63) is 41.9 Å². The fourth-order valence-electron chi connectivity index (χ4n) is 1.69. The molecule has 0 bridgehead atoms. The molecule has 1 aromatic carbocycles. The molecule has 0 unspecified atom stereocenters. The van der Waals surface area contributed by atoms with Gasteiger partial charge in [0.05, 0.1) is 0 Å². The maximum absolute atomic E-state index is 12.5. The van der Waals surface area contributed by atoms with E-state index in [4.69, 9.17) is 0 Å². The molecule has 1 heterocycles. The molecular formula is C12H8F3NO3. The quantitative estimate of drug-likeness (QED) is 0.617. The monoisotopic (exact) mass is 271 g/mol. The van der Waals surface area contributed by atoms with Gasteiger partial charge in [0.25, 0.3) is 5.69 Å². The molecule has 1 aromatic heterocycles. The van der Waals surface area contributed by atoms with E-state index in [1.165, 1.54) is 19.1 Å². The van der Waals surface area contributed by atoms with Crippen LogP contribution in [0.4, 0.5) is 13.2 Å². The predicted octanol–water partition coefficient (Wildman–Crippen LogP) is 1.68. The SMILES string of the molecule is Cc1oc([O-])c(C(=O)C(F)(F)F)[n+]1-c1ccccc1. The fraction of sp³-hybridized carbons (Fsp3) is 0.167. The number of hydrogen-bond donors (Lipinski definition) is 0. The standard InChI is InChI=1S/C12H8F3NO3/c1-7-16(8-5-3-2-4-6-8)9(11(18)19-7)10(17)12(13,14)15/h2-6H,1H3. The number of rotatable bonds is 2. The number of oxazole rings is 1. The van der Waals surface area contributed by atoms with Gasteiger partial charge in [-0.3, -0.25) is 4.79 Å². The number of aryl methyl sites for hydroxylation is 1. The zero-order valence-corrected chi connectivity index (χ0v) is 9.69. The Labute approximate surface area is 105 Å². The van der Waals surface area contributed by atoms with Crippen LogP contribution < -0.4 is 9.67 Å². The number of carbonyl (C=O) groups excluding carboxylic acids is 1. The molecule has 0 atom stereocenters. The molecule has 0 saturated carbocycles. The number of benzene rings is 1. The van der Waals surface area contributed by atoms with Crippen LogP contribution in [-0.4, -0.2) is 12.0 Å². The van der Waals surface area contributed by atoms with Crippen LogP contribution >= 0.6 is 0 Å². The lowest BCUT2D eigenvalue weighted by atomic mass is 10.2. The van der Waals surface area contributed by atoms with Crippen LogP contribution in [0.5, 0.6) is 5.95 Å². The zero-order valence-electron chi connectivity index (χ0n) is 9.69. The van der Waals surface area contributed by atoms with Gasteiger partial charge in [0.1, 0.15) is 5.95 Å². The maximum atomic E-state index is 12.5. The van der Waals surface area contributed by atoms with Crippen molar-refractivity contribution in [3.63, 3.8) is 0 Å². The topological polar surface area (TPSA) is 57.2 Å². The highest BCUT2D eigenvalue weighted by atomic mass is 19.4. The molecule has 0 aliphatic rings. The minimum absolute atomic E-state index is 0.0937. The number of aromatic nitrogens is 1. The second kappa shape index (κ2) is 4.42. The van der Waals surface area contributed by atoms with Crippen LogP contribution in [-0.2, 0) is 0 Å². The van der Waals surface area contributed by atoms with E-state index in [2.05, 4.69) is 4.42 Å². The smallest absolute Gasteiger partial charge is 0.461 e. The van der Waals surface area contributed by atoms with E-state index in [0.717, 1.165) is 4.57 Å². The van der Waals surface area contributed by atoms with Gasteiger partial charge >= 0.3 is 12.0 Å². The summed E-state index contributed by atoms with van der Waals surface area (Å²) in [5, 5.41) is 11.4. The molecule has 4 nitrogen and oxygen atoms in total. The summed E-state index contributed by atoms with van der Waals surface area (Å²) < 4.78 is 42.9. The summed E-state index contributed by atoms with van der Waals surface area (Å²) >= 11 is 0. The van der Waals surface area contributed by atoms with Crippen LogP contribution in [0.25, 0.3) is 5.69 Å². The number of nitrogens with zero attached hydrogens (tertiary/aromatic N) is 1. The molecule has 2 aromatic rings. The molecule has 0 spiro atoms. The van der Waals surface area contributed by atoms with E-state index < -0.39 is 23.6 Å². The van der Waals surface area contributed by atoms with Crippen molar-refractivity contribution in [2.24, 2.45) is 0 Å². The molecule has 7 heteroatoms. The highest BCUT2D eigenvalue weighted by molar-refractivity contribution is 5.98. The van der Waals surface area contributed by atoms with Crippen LogP contribution in [0.3, 0.4) is 0 Å². The summed E-state index contributed by atoms with van der Waals surface area (Å²) in [7, 11) is 0. The van der Waals surface area contributed by atoms with Crippen LogP contribution in [0, 0.1) is 6.92 Å². The molecule has 0 aliphatic carbocycles. The van der Waals surface area contributed by atoms with Crippen molar-refractivity contribution in [3.8, 4) is 11.6 Å². The van der Waals surface area contributed by atoms with Gasteiger partial charge < -0.3 is 9.52 Å². The van der Waals surface area contributed by atoms with Gasteiger partial charge in [-0.2, -0.15) is 13.2 Å². The number of halogens is 3. The Morgan fingerprint density at radius 1 is 1.26 bits per heavy atom. The molecule has 100 valence electrons. The largest absolute Gasteiger partial charge is 0.540 e. The highest BCUT2D eigenvalue weighted by Gasteiger charge is 2.47. The molecule has 0 fully saturated rings. The Balaban J connectivity index is 2.66. The normalized spacial score (nSPS) is 11.6. The third-order valence-corrected chi connectivity index (χ3v) is 2.46. The van der Waals surface area contributed by atoms with Gasteiger partial charge in [0.15, 0.2) is 0 Å². The lowest BCUT2D eigenvalue weighted by Gasteiger charge is -2.03. The number of carbonyl (C=O) groups is 1. The molecule has 0 aliphatic heterocycles. The lowest BCUT2D eigenvalue weighted by Crippen LogP contribution is -2.42. The summed E-state index contributed by atoms with van der Waals surface area (Å²) in [5.41, 5.74) is -0.797. The average molecular weight is 271 g/mol. The third kappa shape index (κ3) is 2.31. The second-order valence-electron chi connectivity index (χ2n) is 3.75. The minimum Gasteiger partial charge on any atom is -0.540 e. The second-order valence-corrected chi connectivity index (χ2v) is 3.75. The van der Waals surface area contributed by atoms with Crippen molar-refractivity contribution >= 4 is 5.78 Å². The van der Waals surface area contributed by atoms with Gasteiger partial charge in [-0.25, -0.2) is 0 Å². The molecule has 19 heavy (non-hydrogen) atoms. The maximum Gasteiger partial charge on any atom is 0.461 e. The number of ketones is 1. The summed E-state index contributed by atoms with van der Waals surface area (Å²) in [6.07, 6.45) is -5.13. The Bertz CT molecular complexity index is 617. The summed E-state index contributed by atoms with van der Waals surface area (Å²) in [5.74, 6) is -3.62. The summed E-state index contributed by atoms with van der Waals surface area (Å²) in [6, 6.07) is 7.73. The van der Waals surface area contributed by atoms with Gasteiger partial charge in [0.2, 0.25) is 11.6 Å². The Morgan fingerprint density at radius 3 is 2.37 bits per heavy atom. The predicted molar refractivity (Wildman–Crippen MR) is 54.8 cm³/mol. The molecule has 2 rings (SSSR count). The summed E-state index contributed by atoms with van der Waals surface area (Å²) in [4.78, 5) is 11.3. The molecule has 0 amide bonds. The van der Waals surface area contributed by atoms with E-state index in [1.807, 2.05) is 0 Å². The van der Waals surface area contributed by atoms with E-state index in [1.54, 1.807) is 18.2 Å². The van der Waals surface area contributed by atoms with Gasteiger partial charge in [-0.15, -0.1) is 4.57 Å². The van der Waals surface area contributed by atoms with Gasteiger partial charge in [0, 0.05) is 19.1 Å². The van der Waals surface area contributed by atoms with Gasteiger partial charge in [-0.05, 0) is 0 Å². The van der Waals surface area contributed by atoms with Crippen LogP contribution in [0.15, 0.2) is 34.7 Å². The Kier molecular flexibility index (Phi) is 3.05. The van der Waals surface area contributed by atoms with E-state index in [-0.39, 0.29) is 11.6 Å². The van der Waals surface area contributed by atoms with E-state index in [9.17, 15) is 23.1 Å². The Hall–Kier alpha value is -2.31. The average Bonchev–Trinajstić information content (AvgIpc) is 2.63. The van der Waals surface area contributed by atoms with Crippen molar-refractivity contribution in [2.45, 2.75) is 13.1 Å². The molecule has 0 saturated heterocycles. The highest BCUT2D eigenvalue weighted by Crippen LogP contribution is 2.25. The first-order valence-corrected chi connectivity index (χ1v) is 5.21. The molecule has 0 N–H and O–H groups in total. The number of alkyl halides is 3. The number of hydrogen-bond acceptors (Lipinski definition) is 3. The van der Waals surface area contributed by atoms with Crippen molar-refractivity contribution in [1.29, 1.82) is 0 Å². The van der Waals surface area contributed by atoms with Crippen molar-refractivity contribution in [1.82, 2.24) is 0 Å². The fourth-order valence-corrected chi connectivity index (χ4v) is 1.69. The third-order valence-electron chi connectivity index (χ3n) is 2.46. The molecular weight excluding hydrogens is 263 g/mol. The minimum atomic E-state index is -5.13. The lowest BCUT2D eigenvalue weighted by molar-refractivity contribution is -0.610. The number of para-hydroxylation sites is 1. The van der Waals surface area contributed by atoms with Crippen LogP contribution in [0.2, 0.25) is 0 Å². The van der Waals surface area contributed by atoms with Crippen molar-refractivity contribution < 1.29 is 32.1 Å². The molecule has 0 radical (unpaired) electrons. The van der Waals surface area contributed by atoms with Crippen molar-refractivity contribution in [2.75, 3.05) is 0 Å². The zero-order chi connectivity index (χ0) is 14.2. The Morgan fingerprint density at radius 2 is 1.84 bits per heavy atom.